The first kappa shape index (κ1) is 21.1. The number of benzene rings is 1. The fourth-order valence-corrected chi connectivity index (χ4v) is 2.41. The van der Waals surface area contributed by atoms with Gasteiger partial charge in [-0.05, 0) is 30.3 Å². The van der Waals surface area contributed by atoms with Crippen LogP contribution in [-0.2, 0) is 9.59 Å². The average molecular weight is 424 g/mol. The first-order valence-corrected chi connectivity index (χ1v) is 8.61. The molecular formula is C17H15Cl2N5O4. The zero-order valence-corrected chi connectivity index (χ0v) is 15.8. The number of carbonyl (C=O) groups excluding carboxylic acids is 4. The molecule has 2 aromatic rings. The summed E-state index contributed by atoms with van der Waals surface area (Å²) in [4.78, 5) is 50.9. The topological polar surface area (TPSA) is 129 Å². The largest absolute Gasteiger partial charge is 0.345 e. The second kappa shape index (κ2) is 10.2. The highest BCUT2D eigenvalue weighted by molar-refractivity contribution is 6.36. The molecule has 0 aliphatic carbocycles. The summed E-state index contributed by atoms with van der Waals surface area (Å²) in [6.45, 7) is -0.762. The Hall–Kier alpha value is -3.17. The van der Waals surface area contributed by atoms with E-state index >= 15 is 0 Å². The van der Waals surface area contributed by atoms with Crippen LogP contribution in [0, 0.1) is 0 Å². The third-order valence-corrected chi connectivity index (χ3v) is 3.84. The molecule has 0 saturated heterocycles. The minimum Gasteiger partial charge on any atom is -0.345 e. The molecule has 9 nitrogen and oxygen atoms in total. The van der Waals surface area contributed by atoms with Crippen LogP contribution in [0.25, 0.3) is 0 Å². The maximum atomic E-state index is 12.0. The van der Waals surface area contributed by atoms with E-state index in [0.717, 1.165) is 0 Å². The number of rotatable bonds is 6. The maximum absolute atomic E-state index is 12.0. The second-order valence-corrected chi connectivity index (χ2v) is 6.17. The van der Waals surface area contributed by atoms with Gasteiger partial charge in [-0.1, -0.05) is 23.2 Å². The Morgan fingerprint density at radius 3 is 2.18 bits per heavy atom. The number of carbonyl (C=O) groups is 4. The van der Waals surface area contributed by atoms with Crippen molar-refractivity contribution >= 4 is 46.8 Å². The number of amides is 4. The number of aromatic nitrogens is 1. The van der Waals surface area contributed by atoms with Crippen LogP contribution < -0.4 is 21.5 Å². The van der Waals surface area contributed by atoms with Crippen molar-refractivity contribution in [2.24, 2.45) is 0 Å². The first-order chi connectivity index (χ1) is 13.4. The molecule has 1 heterocycles. The third-order valence-electron chi connectivity index (χ3n) is 3.29. The van der Waals surface area contributed by atoms with E-state index < -0.39 is 30.2 Å². The number of halogens is 2. The van der Waals surface area contributed by atoms with Crippen LogP contribution in [-0.4, -0.2) is 41.7 Å². The Balaban J connectivity index is 1.69. The molecule has 1 aromatic carbocycles. The van der Waals surface area contributed by atoms with Gasteiger partial charge < -0.3 is 10.6 Å². The predicted octanol–water partition coefficient (Wildman–Crippen LogP) is 0.696. The van der Waals surface area contributed by atoms with Gasteiger partial charge >= 0.3 is 0 Å². The molecule has 1 aromatic heterocycles. The number of nitrogens with one attached hydrogen (secondary N) is 4. The molecular weight excluding hydrogens is 409 g/mol. The van der Waals surface area contributed by atoms with Crippen molar-refractivity contribution in [3.05, 3.63) is 63.9 Å². The van der Waals surface area contributed by atoms with Crippen LogP contribution in [0.4, 0.5) is 0 Å². The van der Waals surface area contributed by atoms with Gasteiger partial charge in [0.25, 0.3) is 17.7 Å². The molecule has 146 valence electrons. The van der Waals surface area contributed by atoms with Crippen molar-refractivity contribution in [3.63, 3.8) is 0 Å². The highest BCUT2D eigenvalue weighted by atomic mass is 35.5. The molecule has 2 rings (SSSR count). The van der Waals surface area contributed by atoms with Crippen LogP contribution in [0.1, 0.15) is 20.7 Å². The summed E-state index contributed by atoms with van der Waals surface area (Å²) in [5.74, 6) is -2.35. The lowest BCUT2D eigenvalue weighted by atomic mass is 10.2. The van der Waals surface area contributed by atoms with E-state index in [-0.39, 0.29) is 17.1 Å². The molecule has 0 bridgehead atoms. The highest BCUT2D eigenvalue weighted by Crippen LogP contribution is 2.20. The maximum Gasteiger partial charge on any atom is 0.269 e. The number of hydrogen-bond acceptors (Lipinski definition) is 5. The Labute approximate surface area is 169 Å². The molecule has 0 radical (unpaired) electrons. The summed E-state index contributed by atoms with van der Waals surface area (Å²) in [5.41, 5.74) is 4.81. The van der Waals surface area contributed by atoms with Crippen molar-refractivity contribution < 1.29 is 19.2 Å². The third kappa shape index (κ3) is 6.53. The van der Waals surface area contributed by atoms with E-state index in [2.05, 4.69) is 26.5 Å². The first-order valence-electron chi connectivity index (χ1n) is 7.86. The summed E-state index contributed by atoms with van der Waals surface area (Å²) in [7, 11) is 0. The Morgan fingerprint density at radius 1 is 0.821 bits per heavy atom. The molecule has 4 amide bonds. The number of pyridine rings is 1. The number of nitrogens with zero attached hydrogens (tertiary/aromatic N) is 1. The van der Waals surface area contributed by atoms with Crippen molar-refractivity contribution in [1.82, 2.24) is 26.5 Å². The standard InChI is InChI=1S/C17H15Cl2N5O4/c18-11-1-2-12(13(19)7-11)17(28)22-8-14(25)21-9-15(26)23-24-16(27)10-3-5-20-6-4-10/h1-7H,8-9H2,(H,21,25)(H,22,28)(H,23,26)(H,24,27). The number of hydrogen-bond donors (Lipinski definition) is 4. The fraction of sp³-hybridized carbons (Fsp3) is 0.118. The molecule has 0 fully saturated rings. The fourth-order valence-electron chi connectivity index (χ4n) is 1.92. The predicted molar refractivity (Wildman–Crippen MR) is 102 cm³/mol. The van der Waals surface area contributed by atoms with Crippen molar-refractivity contribution in [3.8, 4) is 0 Å². The number of hydrazine groups is 1. The van der Waals surface area contributed by atoms with E-state index in [1.54, 1.807) is 0 Å². The quantitative estimate of drug-likeness (QED) is 0.508. The van der Waals surface area contributed by atoms with Gasteiger partial charge in [0.05, 0.1) is 23.7 Å². The van der Waals surface area contributed by atoms with E-state index in [0.29, 0.717) is 10.6 Å². The van der Waals surface area contributed by atoms with Crippen LogP contribution in [0.3, 0.4) is 0 Å². The minimum atomic E-state index is -0.650. The minimum absolute atomic E-state index is 0.148. The van der Waals surface area contributed by atoms with E-state index in [1.165, 1.54) is 42.7 Å². The van der Waals surface area contributed by atoms with Gasteiger partial charge in [0, 0.05) is 23.0 Å². The van der Waals surface area contributed by atoms with E-state index in [9.17, 15) is 19.2 Å². The van der Waals surface area contributed by atoms with E-state index in [1.807, 2.05) is 0 Å². The van der Waals surface area contributed by atoms with Gasteiger partial charge in [-0.2, -0.15) is 0 Å². The van der Waals surface area contributed by atoms with Crippen LogP contribution in [0.5, 0.6) is 0 Å². The SMILES string of the molecule is O=C(CNC(=O)c1ccc(Cl)cc1Cl)NCC(=O)NNC(=O)c1ccncc1. The lowest BCUT2D eigenvalue weighted by Crippen LogP contribution is -2.47. The highest BCUT2D eigenvalue weighted by Gasteiger charge is 2.13. The molecule has 0 spiro atoms. The Kier molecular flexibility index (Phi) is 7.73. The Bertz CT molecular complexity index is 892. The molecule has 28 heavy (non-hydrogen) atoms. The molecule has 0 unspecified atom stereocenters. The summed E-state index contributed by atoms with van der Waals surface area (Å²) >= 11 is 11.7. The molecule has 0 aliphatic rings. The summed E-state index contributed by atoms with van der Waals surface area (Å²) in [5, 5.41) is 5.19. The molecule has 11 heteroatoms. The Morgan fingerprint density at radius 2 is 1.50 bits per heavy atom. The van der Waals surface area contributed by atoms with Gasteiger partial charge in [0.2, 0.25) is 5.91 Å². The molecule has 4 N–H and O–H groups in total. The van der Waals surface area contributed by atoms with Gasteiger partial charge in [-0.25, -0.2) is 0 Å². The van der Waals surface area contributed by atoms with Crippen LogP contribution >= 0.6 is 23.2 Å². The molecule has 0 atom stereocenters. The summed E-state index contributed by atoms with van der Waals surface area (Å²) in [6.07, 6.45) is 2.87. The molecule has 0 aliphatic heterocycles. The van der Waals surface area contributed by atoms with Crippen molar-refractivity contribution in [2.75, 3.05) is 13.1 Å². The molecule has 0 saturated carbocycles. The zero-order chi connectivity index (χ0) is 20.5. The monoisotopic (exact) mass is 423 g/mol. The zero-order valence-electron chi connectivity index (χ0n) is 14.3. The van der Waals surface area contributed by atoms with Crippen molar-refractivity contribution in [1.29, 1.82) is 0 Å². The summed E-state index contributed by atoms with van der Waals surface area (Å²) in [6, 6.07) is 7.27. The van der Waals surface area contributed by atoms with Gasteiger partial charge in [0.1, 0.15) is 0 Å². The smallest absolute Gasteiger partial charge is 0.269 e. The van der Waals surface area contributed by atoms with Crippen molar-refractivity contribution in [2.45, 2.75) is 0 Å². The lowest BCUT2D eigenvalue weighted by Gasteiger charge is -2.09. The van der Waals surface area contributed by atoms with Crippen LogP contribution in [0.15, 0.2) is 42.7 Å². The summed E-state index contributed by atoms with van der Waals surface area (Å²) < 4.78 is 0. The average Bonchev–Trinajstić information content (AvgIpc) is 2.69. The van der Waals surface area contributed by atoms with Gasteiger partial charge in [0.15, 0.2) is 0 Å². The normalized spacial score (nSPS) is 9.93. The van der Waals surface area contributed by atoms with Crippen LogP contribution in [0.2, 0.25) is 10.0 Å². The van der Waals surface area contributed by atoms with E-state index in [4.69, 9.17) is 23.2 Å². The lowest BCUT2D eigenvalue weighted by molar-refractivity contribution is -0.125. The second-order valence-electron chi connectivity index (χ2n) is 5.32. The van der Waals surface area contributed by atoms with Gasteiger partial charge in [-0.15, -0.1) is 0 Å². The van der Waals surface area contributed by atoms with Gasteiger partial charge in [-0.3, -0.25) is 35.0 Å².